The van der Waals surface area contributed by atoms with Gasteiger partial charge in [-0.1, -0.05) is 22.0 Å². The van der Waals surface area contributed by atoms with Crippen LogP contribution in [0.5, 0.6) is 0 Å². The standard InChI is InChI=1S/C14H14BrFN2O2/c1-8-12(6-14(19)20)9(2)18(17-8)7-10-3-4-11(16)5-13(10)15/h3-5H,6-7H2,1-2H3,(H,19,20). The second-order valence-electron chi connectivity index (χ2n) is 4.61. The first kappa shape index (κ1) is 14.7. The van der Waals surface area contributed by atoms with Gasteiger partial charge in [0.2, 0.25) is 0 Å². The van der Waals surface area contributed by atoms with Gasteiger partial charge >= 0.3 is 5.97 Å². The highest BCUT2D eigenvalue weighted by molar-refractivity contribution is 9.10. The largest absolute Gasteiger partial charge is 0.481 e. The number of aryl methyl sites for hydroxylation is 1. The molecule has 0 fully saturated rings. The highest BCUT2D eigenvalue weighted by atomic mass is 79.9. The topological polar surface area (TPSA) is 55.1 Å². The molecule has 4 nitrogen and oxygen atoms in total. The number of halogens is 2. The monoisotopic (exact) mass is 340 g/mol. The van der Waals surface area contributed by atoms with Crippen LogP contribution in [0.15, 0.2) is 22.7 Å². The lowest BCUT2D eigenvalue weighted by atomic mass is 10.1. The molecule has 1 N–H and O–H groups in total. The molecule has 0 saturated carbocycles. The highest BCUT2D eigenvalue weighted by Gasteiger charge is 2.15. The molecule has 6 heteroatoms. The van der Waals surface area contributed by atoms with Crippen LogP contribution in [0.25, 0.3) is 0 Å². The van der Waals surface area contributed by atoms with Crippen molar-refractivity contribution < 1.29 is 14.3 Å². The van der Waals surface area contributed by atoms with Crippen LogP contribution in [0, 0.1) is 19.7 Å². The van der Waals surface area contributed by atoms with Crippen molar-refractivity contribution in [2.75, 3.05) is 0 Å². The Morgan fingerprint density at radius 2 is 2.15 bits per heavy atom. The fourth-order valence-corrected chi connectivity index (χ4v) is 2.58. The molecule has 0 spiro atoms. The number of aromatic nitrogens is 2. The maximum absolute atomic E-state index is 13.1. The van der Waals surface area contributed by atoms with E-state index in [2.05, 4.69) is 21.0 Å². The van der Waals surface area contributed by atoms with Gasteiger partial charge in [-0.15, -0.1) is 0 Å². The van der Waals surface area contributed by atoms with E-state index in [0.717, 1.165) is 16.8 Å². The summed E-state index contributed by atoms with van der Waals surface area (Å²) < 4.78 is 15.5. The number of carbonyl (C=O) groups is 1. The summed E-state index contributed by atoms with van der Waals surface area (Å²) in [7, 11) is 0. The van der Waals surface area contributed by atoms with E-state index in [1.165, 1.54) is 12.1 Å². The van der Waals surface area contributed by atoms with Gasteiger partial charge in [-0.05, 0) is 31.5 Å². The van der Waals surface area contributed by atoms with Gasteiger partial charge in [-0.25, -0.2) is 4.39 Å². The van der Waals surface area contributed by atoms with Crippen molar-refractivity contribution in [2.24, 2.45) is 0 Å². The predicted molar refractivity (Wildman–Crippen MR) is 76.2 cm³/mol. The molecule has 2 rings (SSSR count). The van der Waals surface area contributed by atoms with Crippen LogP contribution >= 0.6 is 15.9 Å². The average Bonchev–Trinajstić information content (AvgIpc) is 2.60. The average molecular weight is 341 g/mol. The minimum absolute atomic E-state index is 0.0394. The van der Waals surface area contributed by atoms with Crippen LogP contribution in [0.1, 0.15) is 22.5 Å². The van der Waals surface area contributed by atoms with Gasteiger partial charge in [0.1, 0.15) is 5.82 Å². The van der Waals surface area contributed by atoms with E-state index in [4.69, 9.17) is 5.11 Å². The summed E-state index contributed by atoms with van der Waals surface area (Å²) in [4.78, 5) is 10.8. The molecule has 0 atom stereocenters. The first-order valence-corrected chi connectivity index (χ1v) is 6.86. The normalized spacial score (nSPS) is 10.8. The van der Waals surface area contributed by atoms with E-state index in [1.807, 2.05) is 6.92 Å². The number of benzene rings is 1. The Labute approximate surface area is 124 Å². The quantitative estimate of drug-likeness (QED) is 0.930. The number of nitrogens with zero attached hydrogens (tertiary/aromatic N) is 2. The highest BCUT2D eigenvalue weighted by Crippen LogP contribution is 2.21. The molecule has 2 aromatic rings. The molecule has 1 heterocycles. The third-order valence-electron chi connectivity index (χ3n) is 3.19. The Kier molecular flexibility index (Phi) is 4.23. The summed E-state index contributed by atoms with van der Waals surface area (Å²) in [5.74, 6) is -1.18. The molecule has 0 radical (unpaired) electrons. The molecule has 0 amide bonds. The van der Waals surface area contributed by atoms with Gasteiger partial charge in [0.25, 0.3) is 0 Å². The fraction of sp³-hybridized carbons (Fsp3) is 0.286. The van der Waals surface area contributed by atoms with Gasteiger partial charge in [0.15, 0.2) is 0 Å². The molecule has 20 heavy (non-hydrogen) atoms. The van der Waals surface area contributed by atoms with Gasteiger partial charge < -0.3 is 5.11 Å². The second-order valence-corrected chi connectivity index (χ2v) is 5.47. The van der Waals surface area contributed by atoms with Crippen LogP contribution < -0.4 is 0 Å². The van der Waals surface area contributed by atoms with Crippen LogP contribution in [-0.2, 0) is 17.8 Å². The molecule has 0 saturated heterocycles. The van der Waals surface area contributed by atoms with Crippen LogP contribution in [-0.4, -0.2) is 20.9 Å². The molecule has 1 aromatic carbocycles. The number of carboxylic acid groups (broad SMARTS) is 1. The van der Waals surface area contributed by atoms with Crippen molar-refractivity contribution in [3.63, 3.8) is 0 Å². The van der Waals surface area contributed by atoms with Crippen molar-refractivity contribution in [1.82, 2.24) is 9.78 Å². The molecule has 0 aliphatic carbocycles. The minimum atomic E-state index is -0.876. The number of hydrogen-bond acceptors (Lipinski definition) is 2. The van der Waals surface area contributed by atoms with E-state index < -0.39 is 5.97 Å². The van der Waals surface area contributed by atoms with E-state index in [9.17, 15) is 9.18 Å². The summed E-state index contributed by atoms with van der Waals surface area (Å²) in [5, 5.41) is 13.3. The lowest BCUT2D eigenvalue weighted by Gasteiger charge is -2.07. The van der Waals surface area contributed by atoms with Gasteiger partial charge in [-0.2, -0.15) is 5.10 Å². The third kappa shape index (κ3) is 3.07. The molecular weight excluding hydrogens is 327 g/mol. The van der Waals surface area contributed by atoms with Crippen molar-refractivity contribution >= 4 is 21.9 Å². The molecule has 106 valence electrons. The lowest BCUT2D eigenvalue weighted by molar-refractivity contribution is -0.136. The zero-order valence-electron chi connectivity index (χ0n) is 11.2. The summed E-state index contributed by atoms with van der Waals surface area (Å²) in [6, 6.07) is 4.48. The van der Waals surface area contributed by atoms with Crippen molar-refractivity contribution in [1.29, 1.82) is 0 Å². The molecule has 0 aliphatic heterocycles. The number of aliphatic carboxylic acids is 1. The number of rotatable bonds is 4. The van der Waals surface area contributed by atoms with E-state index in [-0.39, 0.29) is 12.2 Å². The van der Waals surface area contributed by atoms with Crippen molar-refractivity contribution in [3.05, 3.63) is 51.0 Å². The third-order valence-corrected chi connectivity index (χ3v) is 3.93. The van der Waals surface area contributed by atoms with Crippen LogP contribution in [0.4, 0.5) is 4.39 Å². The fourth-order valence-electron chi connectivity index (χ4n) is 2.11. The number of carboxylic acids is 1. The van der Waals surface area contributed by atoms with E-state index in [1.54, 1.807) is 17.7 Å². The summed E-state index contributed by atoms with van der Waals surface area (Å²) in [6.07, 6.45) is -0.0394. The Hall–Kier alpha value is -1.69. The first-order valence-electron chi connectivity index (χ1n) is 6.07. The zero-order chi connectivity index (χ0) is 14.9. The minimum Gasteiger partial charge on any atom is -0.481 e. The Morgan fingerprint density at radius 1 is 1.45 bits per heavy atom. The van der Waals surface area contributed by atoms with Gasteiger partial charge in [0.05, 0.1) is 18.7 Å². The first-order chi connectivity index (χ1) is 9.38. The zero-order valence-corrected chi connectivity index (χ0v) is 12.7. The van der Waals surface area contributed by atoms with Crippen molar-refractivity contribution in [3.8, 4) is 0 Å². The Bertz CT molecular complexity index is 667. The molecule has 0 aliphatic rings. The van der Waals surface area contributed by atoms with E-state index >= 15 is 0 Å². The molecule has 0 unspecified atom stereocenters. The smallest absolute Gasteiger partial charge is 0.307 e. The number of hydrogen-bond donors (Lipinski definition) is 1. The summed E-state index contributed by atoms with van der Waals surface area (Å²) in [5.41, 5.74) is 3.15. The second kappa shape index (κ2) is 5.75. The lowest BCUT2D eigenvalue weighted by Crippen LogP contribution is -2.06. The predicted octanol–water partition coefficient (Wildman–Crippen LogP) is 3.08. The van der Waals surface area contributed by atoms with Crippen LogP contribution in [0.2, 0.25) is 0 Å². The SMILES string of the molecule is Cc1nn(Cc2ccc(F)cc2Br)c(C)c1CC(=O)O. The summed E-state index contributed by atoms with van der Waals surface area (Å²) in [6.45, 7) is 4.10. The van der Waals surface area contributed by atoms with Crippen LogP contribution in [0.3, 0.4) is 0 Å². The van der Waals surface area contributed by atoms with E-state index in [0.29, 0.717) is 16.7 Å². The molecular formula is C14H14BrFN2O2. The van der Waals surface area contributed by atoms with Gasteiger partial charge in [0, 0.05) is 15.7 Å². The molecule has 1 aromatic heterocycles. The molecule has 0 bridgehead atoms. The summed E-state index contributed by atoms with van der Waals surface area (Å²) >= 11 is 3.32. The maximum atomic E-state index is 13.1. The van der Waals surface area contributed by atoms with Gasteiger partial charge in [-0.3, -0.25) is 9.48 Å². The Balaban J connectivity index is 2.32. The Morgan fingerprint density at radius 3 is 2.75 bits per heavy atom. The van der Waals surface area contributed by atoms with Crippen molar-refractivity contribution in [2.45, 2.75) is 26.8 Å². The maximum Gasteiger partial charge on any atom is 0.307 e.